The number of rotatable bonds is 6. The second kappa shape index (κ2) is 5.59. The Bertz CT molecular complexity index is 328. The standard InChI is InChI=1S/C12H19NO2/c1-3-5-11-8-7-10(2)13(11)9-4-6-12(14)15/h7-8H,3-6,9H2,1-2H3,(H,14,15). The fourth-order valence-electron chi connectivity index (χ4n) is 1.81. The molecule has 0 aliphatic heterocycles. The van der Waals surface area contributed by atoms with Gasteiger partial charge in [0.2, 0.25) is 0 Å². The molecule has 0 aliphatic carbocycles. The second-order valence-electron chi connectivity index (χ2n) is 3.86. The Kier molecular flexibility index (Phi) is 4.40. The van der Waals surface area contributed by atoms with Crippen LogP contribution in [-0.2, 0) is 17.8 Å². The molecule has 0 aromatic carbocycles. The lowest BCUT2D eigenvalue weighted by Gasteiger charge is -2.10. The van der Waals surface area contributed by atoms with Crippen molar-refractivity contribution in [3.05, 3.63) is 23.5 Å². The first-order valence-corrected chi connectivity index (χ1v) is 5.52. The van der Waals surface area contributed by atoms with Gasteiger partial charge < -0.3 is 9.67 Å². The van der Waals surface area contributed by atoms with Crippen molar-refractivity contribution in [3.8, 4) is 0 Å². The summed E-state index contributed by atoms with van der Waals surface area (Å²) in [6.07, 6.45) is 3.16. The molecule has 3 nitrogen and oxygen atoms in total. The molecular weight excluding hydrogens is 190 g/mol. The van der Waals surface area contributed by atoms with Crippen molar-refractivity contribution < 1.29 is 9.90 Å². The summed E-state index contributed by atoms with van der Waals surface area (Å²) in [4.78, 5) is 10.4. The average molecular weight is 209 g/mol. The fourth-order valence-corrected chi connectivity index (χ4v) is 1.81. The number of aliphatic carboxylic acids is 1. The molecule has 0 fully saturated rings. The van der Waals surface area contributed by atoms with E-state index >= 15 is 0 Å². The first kappa shape index (κ1) is 11.8. The van der Waals surface area contributed by atoms with Gasteiger partial charge in [-0.1, -0.05) is 13.3 Å². The minimum Gasteiger partial charge on any atom is -0.481 e. The van der Waals surface area contributed by atoms with E-state index < -0.39 is 5.97 Å². The summed E-state index contributed by atoms with van der Waals surface area (Å²) in [7, 11) is 0. The number of aryl methyl sites for hydroxylation is 2. The van der Waals surface area contributed by atoms with Crippen molar-refractivity contribution in [2.45, 2.75) is 46.1 Å². The largest absolute Gasteiger partial charge is 0.481 e. The van der Waals surface area contributed by atoms with Gasteiger partial charge in [0.05, 0.1) is 0 Å². The molecule has 84 valence electrons. The molecule has 1 N–H and O–H groups in total. The van der Waals surface area contributed by atoms with Crippen molar-refractivity contribution >= 4 is 5.97 Å². The molecule has 1 heterocycles. The number of nitrogens with zero attached hydrogens (tertiary/aromatic N) is 1. The molecule has 15 heavy (non-hydrogen) atoms. The summed E-state index contributed by atoms with van der Waals surface area (Å²) >= 11 is 0. The van der Waals surface area contributed by atoms with Crippen LogP contribution < -0.4 is 0 Å². The molecule has 0 spiro atoms. The number of carboxylic acids is 1. The van der Waals surface area contributed by atoms with E-state index in [1.54, 1.807) is 0 Å². The highest BCUT2D eigenvalue weighted by molar-refractivity contribution is 5.66. The lowest BCUT2D eigenvalue weighted by Crippen LogP contribution is -2.06. The summed E-state index contributed by atoms with van der Waals surface area (Å²) in [6.45, 7) is 5.05. The van der Waals surface area contributed by atoms with Gasteiger partial charge in [0.15, 0.2) is 0 Å². The second-order valence-corrected chi connectivity index (χ2v) is 3.86. The number of carboxylic acid groups (broad SMARTS) is 1. The molecule has 0 saturated heterocycles. The number of hydrogen-bond donors (Lipinski definition) is 1. The van der Waals surface area contributed by atoms with Crippen molar-refractivity contribution in [2.75, 3.05) is 0 Å². The molecule has 0 unspecified atom stereocenters. The molecule has 3 heteroatoms. The molecule has 1 aromatic heterocycles. The van der Waals surface area contributed by atoms with Crippen molar-refractivity contribution in [1.82, 2.24) is 4.57 Å². The lowest BCUT2D eigenvalue weighted by molar-refractivity contribution is -0.137. The number of hydrogen-bond acceptors (Lipinski definition) is 1. The Labute approximate surface area is 90.7 Å². The Balaban J connectivity index is 2.57. The molecule has 1 rings (SSSR count). The Hall–Kier alpha value is -1.25. The lowest BCUT2D eigenvalue weighted by atomic mass is 10.2. The van der Waals surface area contributed by atoms with Crippen LogP contribution in [0.1, 0.15) is 37.6 Å². The molecule has 1 aromatic rings. The monoisotopic (exact) mass is 209 g/mol. The number of aromatic nitrogens is 1. The highest BCUT2D eigenvalue weighted by atomic mass is 16.4. The van der Waals surface area contributed by atoms with E-state index in [-0.39, 0.29) is 6.42 Å². The fraction of sp³-hybridized carbons (Fsp3) is 0.583. The van der Waals surface area contributed by atoms with Crippen LogP contribution in [0.5, 0.6) is 0 Å². The third-order valence-corrected chi connectivity index (χ3v) is 2.57. The van der Waals surface area contributed by atoms with Gasteiger partial charge in [-0.3, -0.25) is 4.79 Å². The van der Waals surface area contributed by atoms with Gasteiger partial charge >= 0.3 is 5.97 Å². The van der Waals surface area contributed by atoms with E-state index in [4.69, 9.17) is 5.11 Å². The zero-order valence-electron chi connectivity index (χ0n) is 9.49. The molecule has 0 radical (unpaired) electrons. The summed E-state index contributed by atoms with van der Waals surface area (Å²) in [5, 5.41) is 8.57. The van der Waals surface area contributed by atoms with E-state index in [9.17, 15) is 4.79 Å². The molecule has 0 atom stereocenters. The summed E-state index contributed by atoms with van der Waals surface area (Å²) in [5.74, 6) is -0.711. The third-order valence-electron chi connectivity index (χ3n) is 2.57. The predicted molar refractivity (Wildman–Crippen MR) is 60.0 cm³/mol. The van der Waals surface area contributed by atoms with Gasteiger partial charge in [-0.05, 0) is 31.9 Å². The zero-order chi connectivity index (χ0) is 11.3. The maximum Gasteiger partial charge on any atom is 0.303 e. The molecule has 0 bridgehead atoms. The number of carbonyl (C=O) groups is 1. The van der Waals surface area contributed by atoms with Crippen LogP contribution in [0.4, 0.5) is 0 Å². The normalized spacial score (nSPS) is 10.5. The van der Waals surface area contributed by atoms with Gasteiger partial charge in [-0.2, -0.15) is 0 Å². The Morgan fingerprint density at radius 2 is 2.20 bits per heavy atom. The first-order chi connectivity index (χ1) is 7.15. The smallest absolute Gasteiger partial charge is 0.303 e. The van der Waals surface area contributed by atoms with Gasteiger partial charge in [0, 0.05) is 24.4 Å². The molecule has 0 saturated carbocycles. The van der Waals surface area contributed by atoms with Gasteiger partial charge in [-0.25, -0.2) is 0 Å². The quantitative estimate of drug-likeness (QED) is 0.782. The predicted octanol–water partition coefficient (Wildman–Crippen LogP) is 2.61. The maximum absolute atomic E-state index is 10.4. The van der Waals surface area contributed by atoms with E-state index in [2.05, 4.69) is 30.5 Å². The van der Waals surface area contributed by atoms with Crippen molar-refractivity contribution in [3.63, 3.8) is 0 Å². The van der Waals surface area contributed by atoms with Crippen LogP contribution in [0.3, 0.4) is 0 Å². The van der Waals surface area contributed by atoms with Crippen molar-refractivity contribution in [1.29, 1.82) is 0 Å². The van der Waals surface area contributed by atoms with Gasteiger partial charge in [0.25, 0.3) is 0 Å². The van der Waals surface area contributed by atoms with Crippen LogP contribution in [0, 0.1) is 6.92 Å². The first-order valence-electron chi connectivity index (χ1n) is 5.52. The van der Waals surface area contributed by atoms with Gasteiger partial charge in [-0.15, -0.1) is 0 Å². The van der Waals surface area contributed by atoms with E-state index in [0.717, 1.165) is 19.4 Å². The topological polar surface area (TPSA) is 42.2 Å². The van der Waals surface area contributed by atoms with Crippen LogP contribution in [0.2, 0.25) is 0 Å². The molecule has 0 amide bonds. The van der Waals surface area contributed by atoms with Crippen LogP contribution in [-0.4, -0.2) is 15.6 Å². The van der Waals surface area contributed by atoms with Crippen LogP contribution in [0.25, 0.3) is 0 Å². The minimum atomic E-state index is -0.711. The van der Waals surface area contributed by atoms with Crippen LogP contribution >= 0.6 is 0 Å². The van der Waals surface area contributed by atoms with E-state index in [0.29, 0.717) is 6.42 Å². The molecule has 0 aliphatic rings. The third kappa shape index (κ3) is 3.42. The minimum absolute atomic E-state index is 0.253. The van der Waals surface area contributed by atoms with Gasteiger partial charge in [0.1, 0.15) is 0 Å². The summed E-state index contributed by atoms with van der Waals surface area (Å²) in [6, 6.07) is 4.24. The van der Waals surface area contributed by atoms with Crippen LogP contribution in [0.15, 0.2) is 12.1 Å². The Morgan fingerprint density at radius 1 is 1.47 bits per heavy atom. The molecular formula is C12H19NO2. The van der Waals surface area contributed by atoms with Crippen molar-refractivity contribution in [2.24, 2.45) is 0 Å². The maximum atomic E-state index is 10.4. The summed E-state index contributed by atoms with van der Waals surface area (Å²) in [5.41, 5.74) is 2.55. The highest BCUT2D eigenvalue weighted by Crippen LogP contribution is 2.12. The highest BCUT2D eigenvalue weighted by Gasteiger charge is 2.04. The van der Waals surface area contributed by atoms with E-state index in [1.165, 1.54) is 11.4 Å². The average Bonchev–Trinajstić information content (AvgIpc) is 2.50. The zero-order valence-corrected chi connectivity index (χ0v) is 9.49. The Morgan fingerprint density at radius 3 is 2.80 bits per heavy atom. The SMILES string of the molecule is CCCc1ccc(C)n1CCCC(=O)O. The van der Waals surface area contributed by atoms with E-state index in [1.807, 2.05) is 0 Å². The summed E-state index contributed by atoms with van der Waals surface area (Å²) < 4.78 is 2.23.